The average molecular weight is 680 g/mol. The number of hydrogen-bond donors (Lipinski definition) is 0. The molecule has 2 atom stereocenters. The summed E-state index contributed by atoms with van der Waals surface area (Å²) in [5.41, 5.74) is 4.15. The van der Waals surface area contributed by atoms with Gasteiger partial charge >= 0.3 is 5.97 Å². The first-order chi connectivity index (χ1) is 19.5. The number of carbonyl (C=O) groups is 2. The fourth-order valence-corrected chi connectivity index (χ4v) is 7.27. The van der Waals surface area contributed by atoms with E-state index in [2.05, 4.69) is 12.0 Å². The van der Waals surface area contributed by atoms with E-state index in [-0.39, 0.29) is 35.3 Å². The van der Waals surface area contributed by atoms with Crippen molar-refractivity contribution in [2.45, 2.75) is 30.4 Å². The molecule has 0 bridgehead atoms. The highest BCUT2D eigenvalue weighted by Gasteiger charge is 2.54. The number of likely N-dealkylation sites (N-methyl/N-ethyl adjacent to an activating group) is 1. The van der Waals surface area contributed by atoms with Crippen LogP contribution in [0.4, 0.5) is 0 Å². The Labute approximate surface area is 263 Å². The van der Waals surface area contributed by atoms with Gasteiger partial charge in [-0.25, -0.2) is 4.79 Å². The Balaban J connectivity index is 0.00000337. The van der Waals surface area contributed by atoms with Crippen LogP contribution in [0.25, 0.3) is 0 Å². The molecule has 2 fully saturated rings. The van der Waals surface area contributed by atoms with E-state index in [4.69, 9.17) is 4.74 Å². The van der Waals surface area contributed by atoms with Crippen molar-refractivity contribution in [3.63, 3.8) is 0 Å². The number of hydrogen-bond acceptors (Lipinski definition) is 5. The molecule has 0 aliphatic carbocycles. The van der Waals surface area contributed by atoms with Crippen molar-refractivity contribution in [1.82, 2.24) is 4.90 Å². The molecular formula is C33H34IN3O3S. The first-order valence-electron chi connectivity index (χ1n) is 13.9. The molecule has 8 heteroatoms. The van der Waals surface area contributed by atoms with E-state index in [1.54, 1.807) is 22.9 Å². The second kappa shape index (κ2) is 12.9. The Morgan fingerprint density at radius 1 is 0.976 bits per heavy atom. The van der Waals surface area contributed by atoms with Crippen LogP contribution in [-0.4, -0.2) is 71.3 Å². The number of nitrogens with zero attached hydrogens (tertiary/aromatic N) is 3. The summed E-state index contributed by atoms with van der Waals surface area (Å²) in [6.45, 7) is 2.90. The Hall–Kier alpha value is -2.95. The summed E-state index contributed by atoms with van der Waals surface area (Å²) in [6.07, 6.45) is 3.55. The minimum Gasteiger partial charge on any atom is -1.00 e. The predicted molar refractivity (Wildman–Crippen MR) is 159 cm³/mol. The number of β-lactam (4-membered cyclic amide) rings is 1. The van der Waals surface area contributed by atoms with Gasteiger partial charge in [-0.05, 0) is 16.7 Å². The number of thioether (sulfide) groups is 1. The first kappa shape index (κ1) is 29.5. The van der Waals surface area contributed by atoms with E-state index in [0.29, 0.717) is 11.4 Å². The molecule has 3 aliphatic rings. The van der Waals surface area contributed by atoms with E-state index in [9.17, 15) is 9.59 Å². The molecule has 0 radical (unpaired) electrons. The maximum atomic E-state index is 14.1. The number of amides is 1. The lowest BCUT2D eigenvalue weighted by atomic mass is 10.0. The molecule has 6 rings (SSSR count). The monoisotopic (exact) mass is 679 g/mol. The standard InChI is InChI=1S/C33H34N3O3S.HI/c1-36(19-11-12-20-36)22-27-23-40-32-28(34-21-24-13-5-2-6-14-24)31(37)35(32)29(27)33(38)39-30(25-15-7-3-8-16-25)26-17-9-4-10-18-26;/h2-10,13-18,21,28,30,32H,11-12,19-20,22-23H2,1H3;1H/q+1;/p-1/t28?,32-;/m0./s1. The Bertz CT molecular complexity index is 1390. The van der Waals surface area contributed by atoms with Gasteiger partial charge < -0.3 is 33.2 Å². The fourth-order valence-electron chi connectivity index (χ4n) is 5.95. The molecule has 0 aromatic heterocycles. The summed E-state index contributed by atoms with van der Waals surface area (Å²) in [4.78, 5) is 34.0. The number of rotatable bonds is 8. The minimum absolute atomic E-state index is 0. The van der Waals surface area contributed by atoms with Crippen molar-refractivity contribution >= 4 is 29.9 Å². The Kier molecular flexibility index (Phi) is 9.31. The molecule has 3 aliphatic heterocycles. The predicted octanol–water partition coefficient (Wildman–Crippen LogP) is 2.22. The van der Waals surface area contributed by atoms with Gasteiger partial charge in [-0.2, -0.15) is 0 Å². The molecular weight excluding hydrogens is 645 g/mol. The molecule has 3 aromatic rings. The zero-order chi connectivity index (χ0) is 27.5. The van der Waals surface area contributed by atoms with Gasteiger partial charge in [-0.3, -0.25) is 14.7 Å². The Morgan fingerprint density at radius 3 is 2.12 bits per heavy atom. The van der Waals surface area contributed by atoms with Crippen molar-refractivity contribution < 1.29 is 42.8 Å². The number of quaternary nitrogens is 1. The molecule has 1 unspecified atom stereocenters. The lowest BCUT2D eigenvalue weighted by Gasteiger charge is -2.48. The average Bonchev–Trinajstić information content (AvgIpc) is 3.43. The van der Waals surface area contributed by atoms with Crippen molar-refractivity contribution in [3.8, 4) is 0 Å². The third-order valence-electron chi connectivity index (χ3n) is 8.04. The lowest BCUT2D eigenvalue weighted by Crippen LogP contribution is -3.00. The van der Waals surface area contributed by atoms with Gasteiger partial charge in [-0.1, -0.05) is 91.0 Å². The number of fused-ring (bicyclic) bond motifs is 1. The van der Waals surface area contributed by atoms with Crippen molar-refractivity contribution in [2.75, 3.05) is 32.4 Å². The maximum Gasteiger partial charge on any atom is 0.356 e. The summed E-state index contributed by atoms with van der Waals surface area (Å²) < 4.78 is 7.19. The third-order valence-corrected chi connectivity index (χ3v) is 9.37. The van der Waals surface area contributed by atoms with Crippen LogP contribution in [0, 0.1) is 0 Å². The van der Waals surface area contributed by atoms with Crippen LogP contribution in [0.2, 0.25) is 0 Å². The highest BCUT2D eigenvalue weighted by Crippen LogP contribution is 2.43. The van der Waals surface area contributed by atoms with Crippen LogP contribution >= 0.6 is 11.8 Å². The van der Waals surface area contributed by atoms with Gasteiger partial charge in [0.25, 0.3) is 5.91 Å². The zero-order valence-corrected chi connectivity index (χ0v) is 26.0. The number of ether oxygens (including phenoxy) is 1. The quantitative estimate of drug-likeness (QED) is 0.121. The normalized spacial score (nSPS) is 21.4. The van der Waals surface area contributed by atoms with E-state index < -0.39 is 18.1 Å². The third kappa shape index (κ3) is 6.29. The molecule has 3 aromatic carbocycles. The summed E-state index contributed by atoms with van der Waals surface area (Å²) in [7, 11) is 2.25. The van der Waals surface area contributed by atoms with Crippen molar-refractivity contribution in [3.05, 3.63) is 119 Å². The second-order valence-corrected chi connectivity index (χ2v) is 12.1. The number of likely N-dealkylation sites (tertiary alicyclic amines) is 1. The summed E-state index contributed by atoms with van der Waals surface area (Å²) >= 11 is 1.70. The first-order valence-corrected chi connectivity index (χ1v) is 15.0. The zero-order valence-electron chi connectivity index (χ0n) is 23.1. The van der Waals surface area contributed by atoms with Gasteiger partial charge in [0.1, 0.15) is 17.6 Å². The number of esters is 1. The molecule has 0 N–H and O–H groups in total. The number of aliphatic imine (C=N–C) groups is 1. The summed E-state index contributed by atoms with van der Waals surface area (Å²) in [6, 6.07) is 28.9. The van der Waals surface area contributed by atoms with Gasteiger partial charge in [0.15, 0.2) is 12.1 Å². The second-order valence-electron chi connectivity index (χ2n) is 11.0. The van der Waals surface area contributed by atoms with Crippen LogP contribution in [0.1, 0.15) is 35.6 Å². The molecule has 0 saturated carbocycles. The maximum absolute atomic E-state index is 14.1. The van der Waals surface area contributed by atoms with Gasteiger partial charge in [-0.15, -0.1) is 11.8 Å². The molecule has 2 saturated heterocycles. The molecule has 41 heavy (non-hydrogen) atoms. The topological polar surface area (TPSA) is 59.0 Å². The minimum atomic E-state index is -0.573. The molecule has 3 heterocycles. The van der Waals surface area contributed by atoms with E-state index in [1.165, 1.54) is 12.8 Å². The van der Waals surface area contributed by atoms with Gasteiger partial charge in [0.2, 0.25) is 0 Å². The lowest BCUT2D eigenvalue weighted by molar-refractivity contribution is -0.893. The van der Waals surface area contributed by atoms with E-state index in [1.807, 2.05) is 91.0 Å². The molecule has 212 valence electrons. The van der Waals surface area contributed by atoms with E-state index in [0.717, 1.165) is 46.4 Å². The Morgan fingerprint density at radius 2 is 1.54 bits per heavy atom. The van der Waals surface area contributed by atoms with Crippen molar-refractivity contribution in [2.24, 2.45) is 4.99 Å². The fraction of sp³-hybridized carbons (Fsp3) is 0.303. The molecule has 1 amide bonds. The van der Waals surface area contributed by atoms with Crippen molar-refractivity contribution in [1.29, 1.82) is 0 Å². The largest absolute Gasteiger partial charge is 1.00 e. The van der Waals surface area contributed by atoms with E-state index >= 15 is 0 Å². The van der Waals surface area contributed by atoms with Gasteiger partial charge in [0, 0.05) is 30.4 Å². The molecule has 0 spiro atoms. The smallest absolute Gasteiger partial charge is 0.356 e. The molecule has 6 nitrogen and oxygen atoms in total. The van der Waals surface area contributed by atoms with Gasteiger partial charge in [0.05, 0.1) is 20.1 Å². The van der Waals surface area contributed by atoms with Crippen LogP contribution in [0.5, 0.6) is 0 Å². The SMILES string of the molecule is C[N+]1(CC2=C(C(=O)OC(c3ccccc3)c3ccccc3)N3C(=O)C(N=Cc4ccccc4)[C@@H]3SC2)CCCC1.[I-]. The summed E-state index contributed by atoms with van der Waals surface area (Å²) in [5.74, 6) is 0.0994. The van der Waals surface area contributed by atoms with Crippen LogP contribution in [0.15, 0.2) is 107 Å². The van der Waals surface area contributed by atoms with Crippen LogP contribution in [-0.2, 0) is 14.3 Å². The van der Waals surface area contributed by atoms with Crippen LogP contribution in [0.3, 0.4) is 0 Å². The highest BCUT2D eigenvalue weighted by atomic mass is 127. The number of benzene rings is 3. The summed E-state index contributed by atoms with van der Waals surface area (Å²) in [5, 5.41) is -0.213. The number of carbonyl (C=O) groups excluding carboxylic acids is 2. The van der Waals surface area contributed by atoms with Crippen LogP contribution < -0.4 is 24.0 Å². The highest BCUT2D eigenvalue weighted by molar-refractivity contribution is 8.00. The number of halogens is 1.